The number of carbonyl (C=O) groups excluding carboxylic acids is 1. The minimum atomic E-state index is -3.58. The van der Waals surface area contributed by atoms with Gasteiger partial charge in [0.05, 0.1) is 4.90 Å². The second-order valence-corrected chi connectivity index (χ2v) is 8.68. The summed E-state index contributed by atoms with van der Waals surface area (Å²) in [7, 11) is -3.58. The first-order valence-corrected chi connectivity index (χ1v) is 9.98. The van der Waals surface area contributed by atoms with Crippen LogP contribution in [0, 0.1) is 5.41 Å². The molecule has 0 spiro atoms. The fourth-order valence-electron chi connectivity index (χ4n) is 3.14. The second kappa shape index (κ2) is 6.76. The molecule has 136 valence electrons. The first-order chi connectivity index (χ1) is 11.8. The quantitative estimate of drug-likeness (QED) is 0.729. The van der Waals surface area contributed by atoms with Crippen molar-refractivity contribution in [2.45, 2.75) is 37.6 Å². The van der Waals surface area contributed by atoms with Crippen molar-refractivity contribution in [2.24, 2.45) is 10.4 Å². The summed E-state index contributed by atoms with van der Waals surface area (Å²) in [6.07, 6.45) is 2.03. The Kier molecular flexibility index (Phi) is 4.83. The third-order valence-corrected chi connectivity index (χ3v) is 6.26. The van der Waals surface area contributed by atoms with E-state index in [1.807, 2.05) is 0 Å². The molecular formula is C17H24N4O3S. The van der Waals surface area contributed by atoms with Gasteiger partial charge in [0, 0.05) is 12.1 Å². The number of amides is 1. The normalized spacial score (nSPS) is 23.5. The van der Waals surface area contributed by atoms with Gasteiger partial charge in [0.25, 0.3) is 10.0 Å². The van der Waals surface area contributed by atoms with Gasteiger partial charge in [-0.25, -0.2) is 8.42 Å². The minimum Gasteiger partial charge on any atom is -0.354 e. The monoisotopic (exact) mass is 364 g/mol. The van der Waals surface area contributed by atoms with E-state index in [0.29, 0.717) is 12.1 Å². The maximum absolute atomic E-state index is 12.4. The molecule has 0 aliphatic carbocycles. The van der Waals surface area contributed by atoms with Gasteiger partial charge in [-0.05, 0) is 50.4 Å². The number of hydrogen-bond acceptors (Lipinski definition) is 5. The minimum absolute atomic E-state index is 0.0926. The highest BCUT2D eigenvalue weighted by atomic mass is 32.2. The van der Waals surface area contributed by atoms with E-state index in [-0.39, 0.29) is 22.1 Å². The summed E-state index contributed by atoms with van der Waals surface area (Å²) in [5.74, 6) is 0.0298. The molecule has 3 rings (SSSR count). The highest BCUT2D eigenvalue weighted by Gasteiger charge is 2.32. The van der Waals surface area contributed by atoms with Gasteiger partial charge in [-0.15, -0.1) is 0 Å². The molecule has 2 heterocycles. The van der Waals surface area contributed by atoms with Crippen molar-refractivity contribution in [3.8, 4) is 0 Å². The molecule has 7 nitrogen and oxygen atoms in total. The van der Waals surface area contributed by atoms with Crippen LogP contribution in [0.5, 0.6) is 0 Å². The largest absolute Gasteiger partial charge is 0.354 e. The number of nitrogens with zero attached hydrogens (tertiary/aromatic N) is 1. The van der Waals surface area contributed by atoms with Crippen LogP contribution in [0.1, 0.15) is 32.3 Å². The first kappa shape index (κ1) is 17.9. The summed E-state index contributed by atoms with van der Waals surface area (Å²) >= 11 is 0. The van der Waals surface area contributed by atoms with E-state index in [1.54, 1.807) is 25.1 Å². The van der Waals surface area contributed by atoms with Gasteiger partial charge in [-0.2, -0.15) is 0 Å². The van der Waals surface area contributed by atoms with E-state index < -0.39 is 16.1 Å². The Bertz CT molecular complexity index is 798. The highest BCUT2D eigenvalue weighted by Crippen LogP contribution is 2.27. The standard InChI is InChI=1S/C17H24N4O3S/c1-12(16(22)19-11-17(2)7-9-18-10-8-17)20-15-13-5-3-4-6-14(13)25(23,24)21-15/h3-6,12,18H,7-11H2,1-2H3,(H,19,22)(H,20,21). The van der Waals surface area contributed by atoms with Crippen molar-refractivity contribution in [3.63, 3.8) is 0 Å². The topological polar surface area (TPSA) is 99.7 Å². The number of fused-ring (bicyclic) bond motifs is 1. The predicted octanol–water partition coefficient (Wildman–Crippen LogP) is 0.620. The molecule has 1 saturated heterocycles. The van der Waals surface area contributed by atoms with Gasteiger partial charge in [-0.3, -0.25) is 14.5 Å². The van der Waals surface area contributed by atoms with Gasteiger partial charge in [-0.1, -0.05) is 19.1 Å². The molecular weight excluding hydrogens is 340 g/mol. The molecule has 1 aromatic rings. The summed E-state index contributed by atoms with van der Waals surface area (Å²) in [5.41, 5.74) is 0.599. The Labute approximate surface area is 148 Å². The molecule has 1 atom stereocenters. The summed E-state index contributed by atoms with van der Waals surface area (Å²) in [6.45, 7) is 6.37. The average molecular weight is 364 g/mol. The number of nitrogens with one attached hydrogen (secondary N) is 3. The number of aliphatic imine (C=N–C) groups is 1. The molecule has 25 heavy (non-hydrogen) atoms. The van der Waals surface area contributed by atoms with Gasteiger partial charge < -0.3 is 10.6 Å². The van der Waals surface area contributed by atoms with Crippen LogP contribution in [-0.2, 0) is 14.8 Å². The van der Waals surface area contributed by atoms with Gasteiger partial charge >= 0.3 is 0 Å². The molecule has 1 fully saturated rings. The van der Waals surface area contributed by atoms with Crippen molar-refractivity contribution in [3.05, 3.63) is 29.8 Å². The summed E-state index contributed by atoms with van der Waals surface area (Å²) in [6, 6.07) is 5.96. The van der Waals surface area contributed by atoms with Crippen LogP contribution < -0.4 is 15.4 Å². The molecule has 2 aliphatic heterocycles. The van der Waals surface area contributed by atoms with E-state index in [1.165, 1.54) is 6.07 Å². The van der Waals surface area contributed by atoms with Crippen molar-refractivity contribution in [1.29, 1.82) is 0 Å². The fourth-order valence-corrected chi connectivity index (χ4v) is 4.38. The van der Waals surface area contributed by atoms with E-state index >= 15 is 0 Å². The molecule has 2 aliphatic rings. The Balaban J connectivity index is 1.68. The van der Waals surface area contributed by atoms with Crippen molar-refractivity contribution in [2.75, 3.05) is 19.6 Å². The zero-order chi connectivity index (χ0) is 18.1. The molecule has 0 aromatic heterocycles. The number of carbonyl (C=O) groups is 1. The van der Waals surface area contributed by atoms with Crippen LogP contribution in [0.25, 0.3) is 0 Å². The number of hydrogen-bond donors (Lipinski definition) is 3. The average Bonchev–Trinajstić information content (AvgIpc) is 2.84. The van der Waals surface area contributed by atoms with Crippen LogP contribution in [0.3, 0.4) is 0 Å². The number of benzene rings is 1. The molecule has 0 bridgehead atoms. The lowest BCUT2D eigenvalue weighted by molar-refractivity contribution is -0.122. The Morgan fingerprint density at radius 1 is 1.32 bits per heavy atom. The molecule has 1 amide bonds. The number of rotatable bonds is 4. The molecule has 1 aromatic carbocycles. The maximum Gasteiger partial charge on any atom is 0.263 e. The van der Waals surface area contributed by atoms with E-state index in [0.717, 1.165) is 25.9 Å². The fraction of sp³-hybridized carbons (Fsp3) is 0.529. The van der Waals surface area contributed by atoms with Crippen molar-refractivity contribution in [1.82, 2.24) is 15.4 Å². The molecule has 0 saturated carbocycles. The van der Waals surface area contributed by atoms with Crippen LogP contribution >= 0.6 is 0 Å². The molecule has 3 N–H and O–H groups in total. The SMILES string of the molecule is CC(N=C1NS(=O)(=O)c2ccccc21)C(=O)NCC1(C)CCNCC1. The van der Waals surface area contributed by atoms with Gasteiger partial charge in [0.1, 0.15) is 11.9 Å². The lowest BCUT2D eigenvalue weighted by Crippen LogP contribution is -2.45. The zero-order valence-electron chi connectivity index (χ0n) is 14.5. The van der Waals surface area contributed by atoms with E-state index in [4.69, 9.17) is 0 Å². The van der Waals surface area contributed by atoms with E-state index in [2.05, 4.69) is 27.3 Å². The predicted molar refractivity (Wildman–Crippen MR) is 96.0 cm³/mol. The lowest BCUT2D eigenvalue weighted by atomic mass is 9.81. The second-order valence-electron chi connectivity index (χ2n) is 7.03. The van der Waals surface area contributed by atoms with Crippen molar-refractivity contribution >= 4 is 21.8 Å². The van der Waals surface area contributed by atoms with Crippen LogP contribution in [-0.4, -0.2) is 45.8 Å². The van der Waals surface area contributed by atoms with Crippen molar-refractivity contribution < 1.29 is 13.2 Å². The Morgan fingerprint density at radius 3 is 2.72 bits per heavy atom. The Morgan fingerprint density at radius 2 is 2.00 bits per heavy atom. The Hall–Kier alpha value is -1.93. The third-order valence-electron chi connectivity index (χ3n) is 4.86. The van der Waals surface area contributed by atoms with Crippen LogP contribution in [0.2, 0.25) is 0 Å². The summed E-state index contributed by atoms with van der Waals surface area (Å²) in [4.78, 5) is 16.9. The molecule has 0 radical (unpaired) electrons. The van der Waals surface area contributed by atoms with E-state index in [9.17, 15) is 13.2 Å². The summed E-state index contributed by atoms with van der Waals surface area (Å²) in [5, 5.41) is 6.28. The van der Waals surface area contributed by atoms with Crippen LogP contribution in [0.4, 0.5) is 0 Å². The van der Waals surface area contributed by atoms with Gasteiger partial charge in [0.2, 0.25) is 5.91 Å². The third kappa shape index (κ3) is 3.85. The van der Waals surface area contributed by atoms with Crippen LogP contribution in [0.15, 0.2) is 34.2 Å². The maximum atomic E-state index is 12.4. The zero-order valence-corrected chi connectivity index (χ0v) is 15.3. The first-order valence-electron chi connectivity index (χ1n) is 8.49. The smallest absolute Gasteiger partial charge is 0.263 e. The van der Waals surface area contributed by atoms with Gasteiger partial charge in [0.15, 0.2) is 0 Å². The number of sulfonamides is 1. The summed E-state index contributed by atoms with van der Waals surface area (Å²) < 4.78 is 26.6. The molecule has 1 unspecified atom stereocenters. The highest BCUT2D eigenvalue weighted by molar-refractivity contribution is 7.90. The number of amidine groups is 1. The number of piperidine rings is 1. The molecule has 8 heteroatoms. The lowest BCUT2D eigenvalue weighted by Gasteiger charge is -2.34.